The van der Waals surface area contributed by atoms with Gasteiger partial charge in [0.1, 0.15) is 53.5 Å². The minimum absolute atomic E-state index is 0.0321. The average molecular weight is 1770 g/mol. The van der Waals surface area contributed by atoms with E-state index in [4.69, 9.17) is 54.3 Å². The molecule has 127 heavy (non-hydrogen) atoms. The molecule has 0 spiro atoms. The van der Waals surface area contributed by atoms with Crippen molar-refractivity contribution >= 4 is 105 Å². The van der Waals surface area contributed by atoms with Crippen LogP contribution in [0.25, 0.3) is 100 Å². The predicted molar refractivity (Wildman–Crippen MR) is 509 cm³/mol. The zero-order valence-corrected chi connectivity index (χ0v) is 79.0. The van der Waals surface area contributed by atoms with E-state index in [0.717, 1.165) is 120 Å². The van der Waals surface area contributed by atoms with Gasteiger partial charge in [-0.25, -0.2) is 34.3 Å². The SMILES string of the molecule is CCOCC[Si](C)C.COc1ccccc1-c1[nH]nc2ncc(-c3ccc(NC(=O)c4cn(C)cn4)c(C(=O)N(C)C)c3)cc12.COc1ccccc1-c1nn(COCC[Si](C)(C)C)c2ncc(-c3ccc(N)c(C(=O)N(C)C)c3)cc12.COc1ccccc1-c1nn(COCC[Si](C)(C)C)c2ncc(-c3ccc(NC(=O)c4cn(C)cn4)c(C(=O)N(C)C)c3)cc12. The van der Waals surface area contributed by atoms with Gasteiger partial charge in [0.2, 0.25) is 0 Å². The summed E-state index contributed by atoms with van der Waals surface area (Å²) in [5.74, 6) is 0.692. The van der Waals surface area contributed by atoms with Gasteiger partial charge in [0.15, 0.2) is 16.9 Å². The Balaban J connectivity index is 0.000000178. The fourth-order valence-corrected chi connectivity index (χ4v) is 15.4. The van der Waals surface area contributed by atoms with E-state index < -0.39 is 28.0 Å². The van der Waals surface area contributed by atoms with Gasteiger partial charge in [-0.05, 0) is 133 Å². The highest BCUT2D eigenvalue weighted by atomic mass is 28.3. The molecule has 33 heteroatoms. The fraction of sp³-hybridized carbons (Fsp3) is 0.309. The minimum Gasteiger partial charge on any atom is -0.496 e. The zero-order valence-electron chi connectivity index (χ0n) is 76.0. The molecule has 0 aliphatic carbocycles. The standard InChI is InChI=1S/C33H39N7O4Si.C28H35N5O3Si.C27H25N7O3.C6H15OSi/c1-38(2)33(42)25-16-22(12-13-27(25)36-32(41)28-19-39(3)20-35-28)23-17-26-30(24-10-8-9-11-29(24)43-4)37-40(31(26)34-18-23)21-44-14-15-45(5,6)7;1-32(2)28(34)22-15-19(11-12-24(22)29)20-16-23-26(21-9-7-8-10-25(21)35-3)31-33(27(23)30-17-20)18-36-13-14-37(4,5)6;1-33(2)27(36)19-11-16(9-10-21(19)30-26(35)22-14-34(3)15-29-22)17-12-20-24(31-32-25(20)28-13-17)18-7-5-6-8-23(18)37-4;1-4-7-5-6-8(2)3/h8-13,16-20H,14-15,21H2,1-7H3,(H,36,41);7-12,15-17H,13-14,18,29H2,1-6H3;5-15H,1-4H3,(H,30,35)(H,28,31,32);4-6H2,1-3H3. The molecule has 6 aromatic carbocycles. The van der Waals surface area contributed by atoms with E-state index in [2.05, 4.69) is 88.2 Å². The number of methoxy groups -OCH3 is 3. The Morgan fingerprint density at radius 1 is 0.472 bits per heavy atom. The second kappa shape index (κ2) is 42.6. The van der Waals surface area contributed by atoms with Crippen LogP contribution in [0.2, 0.25) is 70.5 Å². The number of pyridine rings is 3. The summed E-state index contributed by atoms with van der Waals surface area (Å²) < 4.78 is 41.0. The van der Waals surface area contributed by atoms with Crippen molar-refractivity contribution in [2.24, 2.45) is 14.1 Å². The molecule has 0 bridgehead atoms. The molecule has 0 fully saturated rings. The van der Waals surface area contributed by atoms with Crippen LogP contribution in [-0.4, -0.2) is 223 Å². The van der Waals surface area contributed by atoms with Crippen LogP contribution in [0.1, 0.15) is 59.0 Å². The summed E-state index contributed by atoms with van der Waals surface area (Å²) in [7, 11) is 16.1. The molecule has 30 nitrogen and oxygen atoms in total. The molecule has 0 aliphatic rings. The lowest BCUT2D eigenvalue weighted by atomic mass is 10.00. The highest BCUT2D eigenvalue weighted by Crippen LogP contribution is 2.41. The first kappa shape index (κ1) is 94.4. The number of carbonyl (C=O) groups is 5. The number of H-pyrrole nitrogens is 1. The molecule has 663 valence electrons. The van der Waals surface area contributed by atoms with Gasteiger partial charge in [-0.2, -0.15) is 15.3 Å². The number of hydrogen-bond acceptors (Lipinski definition) is 20. The van der Waals surface area contributed by atoms with Gasteiger partial charge in [-0.1, -0.05) is 107 Å². The normalized spacial score (nSPS) is 11.3. The van der Waals surface area contributed by atoms with Crippen molar-refractivity contribution in [1.29, 1.82) is 0 Å². The highest BCUT2D eigenvalue weighted by molar-refractivity contribution is 6.76. The third-order valence-electron chi connectivity index (χ3n) is 20.4. The van der Waals surface area contributed by atoms with Gasteiger partial charge in [0, 0.05) is 194 Å². The second-order valence-electron chi connectivity index (χ2n) is 33.7. The number of aryl methyl sites for hydroxylation is 2. The number of imidazole rings is 2. The van der Waals surface area contributed by atoms with Crippen molar-refractivity contribution in [2.75, 3.05) is 106 Å². The number of carbonyl (C=O) groups excluding carboxylic acids is 5. The van der Waals surface area contributed by atoms with Crippen molar-refractivity contribution in [3.8, 4) is 84.4 Å². The lowest BCUT2D eigenvalue weighted by Crippen LogP contribution is -2.24. The monoisotopic (exact) mass is 1770 g/mol. The molecular weight excluding hydrogens is 1660 g/mol. The summed E-state index contributed by atoms with van der Waals surface area (Å²) in [5, 5.41) is 25.4. The predicted octanol–water partition coefficient (Wildman–Crippen LogP) is 16.9. The van der Waals surface area contributed by atoms with Gasteiger partial charge in [0.25, 0.3) is 29.5 Å². The fourth-order valence-electron chi connectivity index (χ4n) is 13.4. The Morgan fingerprint density at radius 3 is 1.27 bits per heavy atom. The largest absolute Gasteiger partial charge is 0.496 e. The van der Waals surface area contributed by atoms with Crippen LogP contribution < -0.4 is 30.6 Å². The Hall–Kier alpha value is -13.3. The summed E-state index contributed by atoms with van der Waals surface area (Å²) in [6.07, 6.45) is 11.6. The average Bonchev–Trinajstić information content (AvgIpc) is 1.64. The summed E-state index contributed by atoms with van der Waals surface area (Å²) in [4.78, 5) is 91.4. The quantitative estimate of drug-likeness (QED) is 0.0185. The van der Waals surface area contributed by atoms with Crippen LogP contribution in [-0.2, 0) is 41.8 Å². The Morgan fingerprint density at radius 2 is 0.866 bits per heavy atom. The Bertz CT molecular complexity index is 6220. The van der Waals surface area contributed by atoms with Gasteiger partial charge in [-0.3, -0.25) is 29.1 Å². The smallest absolute Gasteiger partial charge is 0.275 e. The number of ether oxygens (including phenoxy) is 6. The number of fused-ring (bicyclic) bond motifs is 3. The zero-order chi connectivity index (χ0) is 91.6. The number of nitrogens with zero attached hydrogens (tertiary/aromatic N) is 15. The van der Waals surface area contributed by atoms with E-state index in [1.807, 2.05) is 122 Å². The Kier molecular flexibility index (Phi) is 31.6. The van der Waals surface area contributed by atoms with Crippen molar-refractivity contribution in [2.45, 2.75) is 90.9 Å². The molecule has 5 N–H and O–H groups in total. The van der Waals surface area contributed by atoms with E-state index in [-0.39, 0.29) is 44.6 Å². The minimum atomic E-state index is -1.24. The van der Waals surface area contributed by atoms with E-state index >= 15 is 0 Å². The number of aromatic amines is 1. The van der Waals surface area contributed by atoms with E-state index in [1.54, 1.807) is 170 Å². The summed E-state index contributed by atoms with van der Waals surface area (Å²) >= 11 is 0. The lowest BCUT2D eigenvalue weighted by Gasteiger charge is -2.16. The topological polar surface area (TPSA) is 339 Å². The van der Waals surface area contributed by atoms with Crippen molar-refractivity contribution in [3.63, 3.8) is 0 Å². The van der Waals surface area contributed by atoms with Crippen LogP contribution in [0.15, 0.2) is 189 Å². The highest BCUT2D eigenvalue weighted by Gasteiger charge is 2.27. The molecule has 0 aliphatic heterocycles. The number of aromatic nitrogens is 13. The molecule has 8 heterocycles. The van der Waals surface area contributed by atoms with Gasteiger partial charge < -0.3 is 68.6 Å². The van der Waals surface area contributed by atoms with Crippen LogP contribution in [0.4, 0.5) is 17.1 Å². The number of nitrogens with two attached hydrogens (primary N) is 1. The number of amides is 5. The first-order valence-electron chi connectivity index (χ1n) is 41.6. The number of nitrogens with one attached hydrogen (secondary N) is 3. The molecule has 8 aromatic heterocycles. The first-order valence-corrected chi connectivity index (χ1v) is 51.7. The number of hydrogen-bond donors (Lipinski definition) is 4. The number of rotatable bonds is 30. The maximum atomic E-state index is 13.3. The number of anilines is 3. The van der Waals surface area contributed by atoms with Crippen molar-refractivity contribution in [3.05, 3.63) is 217 Å². The van der Waals surface area contributed by atoms with Crippen LogP contribution in [0.3, 0.4) is 0 Å². The molecule has 0 atom stereocenters. The van der Waals surface area contributed by atoms with Crippen LogP contribution >= 0.6 is 0 Å². The summed E-state index contributed by atoms with van der Waals surface area (Å²) in [6, 6.07) is 48.8. The third kappa shape index (κ3) is 24.0. The maximum absolute atomic E-state index is 13.3. The first-order chi connectivity index (χ1) is 60.7. The van der Waals surface area contributed by atoms with Gasteiger partial charge >= 0.3 is 0 Å². The molecule has 14 rings (SSSR count). The van der Waals surface area contributed by atoms with Crippen molar-refractivity contribution < 1.29 is 52.4 Å². The van der Waals surface area contributed by atoms with Crippen molar-refractivity contribution in [1.82, 2.24) is 78.5 Å². The number of nitrogen functional groups attached to an aromatic ring is 1. The molecule has 0 saturated heterocycles. The molecule has 1 radical (unpaired) electrons. The Labute approximate surface area is 744 Å². The third-order valence-corrected chi connectivity index (χ3v) is 25.0. The second-order valence-corrected chi connectivity index (χ2v) is 47.9. The molecule has 0 saturated carbocycles. The van der Waals surface area contributed by atoms with Crippen LogP contribution in [0, 0.1) is 0 Å². The number of benzene rings is 6. The van der Waals surface area contributed by atoms with Gasteiger partial charge in [-0.15, -0.1) is 0 Å². The molecule has 14 aromatic rings. The summed E-state index contributed by atoms with van der Waals surface area (Å²) in [6.45, 7) is 24.4. The summed E-state index contributed by atoms with van der Waals surface area (Å²) in [5.41, 5.74) is 20.6. The van der Waals surface area contributed by atoms with E-state index in [0.29, 0.717) is 76.5 Å². The number of para-hydroxylation sites is 3. The van der Waals surface area contributed by atoms with E-state index in [9.17, 15) is 24.0 Å². The maximum Gasteiger partial charge on any atom is 0.275 e. The lowest BCUT2D eigenvalue weighted by molar-refractivity contribution is 0.0813. The van der Waals surface area contributed by atoms with Gasteiger partial charge in [0.05, 0.1) is 67.7 Å². The van der Waals surface area contributed by atoms with E-state index in [1.165, 1.54) is 20.7 Å². The molecule has 5 amide bonds. The molecular formula is C94H114N19O11Si3. The van der Waals surface area contributed by atoms with Crippen LogP contribution in [0.5, 0.6) is 17.2 Å². The molecule has 0 unspecified atom stereocenters.